The zero-order chi connectivity index (χ0) is 12.8. The molecular weight excluding hydrogens is 228 g/mol. The first-order valence-electron chi connectivity index (χ1n) is 5.54. The second-order valence-corrected chi connectivity index (χ2v) is 3.85. The summed E-state index contributed by atoms with van der Waals surface area (Å²) in [5.41, 5.74) is 3.29. The lowest BCUT2D eigenvalue weighted by atomic mass is 10.0. The van der Waals surface area contributed by atoms with Gasteiger partial charge in [-0.15, -0.1) is 4.91 Å². The van der Waals surface area contributed by atoms with Gasteiger partial charge in [-0.2, -0.15) is 0 Å². The molecule has 0 aliphatic carbocycles. The van der Waals surface area contributed by atoms with Gasteiger partial charge in [-0.1, -0.05) is 30.3 Å². The van der Waals surface area contributed by atoms with Crippen LogP contribution in [0.2, 0.25) is 0 Å². The number of hydrogen-bond acceptors (Lipinski definition) is 3. The van der Waals surface area contributed by atoms with Gasteiger partial charge in [-0.25, -0.2) is 0 Å². The zero-order valence-electron chi connectivity index (χ0n) is 9.67. The third kappa shape index (κ3) is 2.79. The van der Waals surface area contributed by atoms with E-state index in [1.807, 2.05) is 36.4 Å². The Hall–Kier alpha value is -2.49. The first-order valence-corrected chi connectivity index (χ1v) is 5.54. The summed E-state index contributed by atoms with van der Waals surface area (Å²) >= 11 is 0. The van der Waals surface area contributed by atoms with Gasteiger partial charge in [0.25, 0.3) is 0 Å². The number of benzene rings is 2. The Morgan fingerprint density at radius 1 is 1.06 bits per heavy atom. The van der Waals surface area contributed by atoms with Crippen molar-refractivity contribution >= 4 is 17.8 Å². The van der Waals surface area contributed by atoms with Crippen LogP contribution >= 0.6 is 0 Å². The Morgan fingerprint density at radius 3 is 2.44 bits per heavy atom. The highest BCUT2D eigenvalue weighted by molar-refractivity contribution is 5.73. The topological polar surface area (TPSA) is 58.5 Å². The first kappa shape index (κ1) is 12.0. The lowest BCUT2D eigenvalue weighted by Gasteiger charge is -2.08. The first-order chi connectivity index (χ1) is 8.83. The molecule has 2 aromatic rings. The monoisotopic (exact) mass is 240 g/mol. The summed E-state index contributed by atoms with van der Waals surface area (Å²) < 4.78 is 0. The maximum Gasteiger partial charge on any atom is 0.211 e. The Bertz CT molecular complexity index is 550. The van der Waals surface area contributed by atoms with Gasteiger partial charge >= 0.3 is 0 Å². The summed E-state index contributed by atoms with van der Waals surface area (Å²) in [5.74, 6) is 0. The average molecular weight is 240 g/mol. The van der Waals surface area contributed by atoms with Crippen molar-refractivity contribution in [3.8, 4) is 0 Å². The predicted octanol–water partition coefficient (Wildman–Crippen LogP) is 3.24. The number of para-hydroxylation sites is 1. The number of hydrogen-bond donors (Lipinski definition) is 1. The number of nitrogens with one attached hydrogen (secondary N) is 1. The fraction of sp³-hybridized carbons (Fsp3) is 0.0714. The van der Waals surface area contributed by atoms with Crippen LogP contribution in [0.1, 0.15) is 11.1 Å². The van der Waals surface area contributed by atoms with Gasteiger partial charge < -0.3 is 5.32 Å². The van der Waals surface area contributed by atoms with Crippen molar-refractivity contribution < 1.29 is 4.79 Å². The highest BCUT2D eigenvalue weighted by Crippen LogP contribution is 2.20. The fourth-order valence-electron chi connectivity index (χ4n) is 1.77. The number of carbonyl (C=O) groups is 1. The van der Waals surface area contributed by atoms with Gasteiger partial charge in [-0.05, 0) is 40.9 Å². The van der Waals surface area contributed by atoms with Crippen molar-refractivity contribution in [1.82, 2.24) is 0 Å². The molecule has 18 heavy (non-hydrogen) atoms. The molecule has 0 atom stereocenters. The van der Waals surface area contributed by atoms with E-state index in [0.717, 1.165) is 16.8 Å². The van der Waals surface area contributed by atoms with E-state index in [9.17, 15) is 9.70 Å². The van der Waals surface area contributed by atoms with Crippen LogP contribution in [0, 0.1) is 4.91 Å². The molecule has 0 aromatic heterocycles. The normalized spacial score (nSPS) is 9.78. The molecule has 0 bridgehead atoms. The number of carbonyl (C=O) groups excluding carboxylic acids is 1. The number of rotatable bonds is 5. The number of nitrogens with zero attached hydrogens (tertiary/aromatic N) is 1. The number of anilines is 1. The van der Waals surface area contributed by atoms with Gasteiger partial charge in [0, 0.05) is 5.69 Å². The van der Waals surface area contributed by atoms with Gasteiger partial charge in [-0.3, -0.25) is 4.79 Å². The van der Waals surface area contributed by atoms with Gasteiger partial charge in [0.15, 0.2) is 0 Å². The molecule has 90 valence electrons. The van der Waals surface area contributed by atoms with Crippen molar-refractivity contribution in [3.05, 3.63) is 64.6 Å². The van der Waals surface area contributed by atoms with E-state index in [0.29, 0.717) is 18.5 Å². The molecule has 0 unspecified atom stereocenters. The number of amides is 1. The van der Waals surface area contributed by atoms with Crippen LogP contribution in [-0.4, -0.2) is 6.41 Å². The van der Waals surface area contributed by atoms with Crippen molar-refractivity contribution in [2.24, 2.45) is 5.18 Å². The quantitative estimate of drug-likeness (QED) is 0.644. The van der Waals surface area contributed by atoms with E-state index in [-0.39, 0.29) is 0 Å². The Kier molecular flexibility index (Phi) is 3.81. The number of nitroso groups, excluding NO2 is 1. The lowest BCUT2D eigenvalue weighted by Crippen LogP contribution is -1.99. The minimum absolute atomic E-state index is 0.415. The van der Waals surface area contributed by atoms with Gasteiger partial charge in [0.05, 0.1) is 0 Å². The van der Waals surface area contributed by atoms with E-state index in [1.54, 1.807) is 12.1 Å². The molecular formula is C14H12N2O2. The minimum atomic E-state index is 0.415. The van der Waals surface area contributed by atoms with Crippen LogP contribution in [0.3, 0.4) is 0 Å². The highest BCUT2D eigenvalue weighted by atomic mass is 16.3. The Morgan fingerprint density at radius 2 is 1.78 bits per heavy atom. The summed E-state index contributed by atoms with van der Waals surface area (Å²) in [7, 11) is 0. The molecule has 0 radical (unpaired) electrons. The molecule has 0 saturated carbocycles. The molecule has 0 spiro atoms. The highest BCUT2D eigenvalue weighted by Gasteiger charge is 2.02. The van der Waals surface area contributed by atoms with Crippen molar-refractivity contribution in [2.45, 2.75) is 6.42 Å². The smallest absolute Gasteiger partial charge is 0.211 e. The fourth-order valence-corrected chi connectivity index (χ4v) is 1.77. The lowest BCUT2D eigenvalue weighted by molar-refractivity contribution is -0.105. The SMILES string of the molecule is O=CNc1ccccc1Cc1ccc(N=O)cc1. The molecule has 1 amide bonds. The standard InChI is InChI=1S/C14H12N2O2/c17-10-15-14-4-2-1-3-12(14)9-11-5-7-13(16-18)8-6-11/h1-8,10H,9H2,(H,15,17). The molecule has 4 heteroatoms. The molecule has 1 N–H and O–H groups in total. The van der Waals surface area contributed by atoms with Crippen LogP contribution in [0.4, 0.5) is 11.4 Å². The van der Waals surface area contributed by atoms with E-state index in [2.05, 4.69) is 10.5 Å². The van der Waals surface area contributed by atoms with Crippen LogP contribution < -0.4 is 5.32 Å². The van der Waals surface area contributed by atoms with E-state index in [1.165, 1.54) is 0 Å². The summed E-state index contributed by atoms with van der Waals surface area (Å²) in [6, 6.07) is 14.7. The molecule has 0 saturated heterocycles. The Balaban J connectivity index is 2.21. The van der Waals surface area contributed by atoms with E-state index in [4.69, 9.17) is 0 Å². The van der Waals surface area contributed by atoms with Crippen LogP contribution in [0.15, 0.2) is 53.7 Å². The molecule has 0 fully saturated rings. The molecule has 0 aliphatic heterocycles. The van der Waals surface area contributed by atoms with Crippen molar-refractivity contribution in [3.63, 3.8) is 0 Å². The van der Waals surface area contributed by atoms with E-state index < -0.39 is 0 Å². The Labute approximate surface area is 105 Å². The molecule has 0 heterocycles. The van der Waals surface area contributed by atoms with E-state index >= 15 is 0 Å². The third-order valence-electron chi connectivity index (χ3n) is 2.67. The van der Waals surface area contributed by atoms with Gasteiger partial charge in [0.2, 0.25) is 6.41 Å². The summed E-state index contributed by atoms with van der Waals surface area (Å²) in [6.45, 7) is 0. The maximum atomic E-state index is 10.5. The van der Waals surface area contributed by atoms with Crippen LogP contribution in [0.25, 0.3) is 0 Å². The third-order valence-corrected chi connectivity index (χ3v) is 2.67. The van der Waals surface area contributed by atoms with Crippen LogP contribution in [0.5, 0.6) is 0 Å². The van der Waals surface area contributed by atoms with Gasteiger partial charge in [0.1, 0.15) is 5.69 Å². The largest absolute Gasteiger partial charge is 0.328 e. The second-order valence-electron chi connectivity index (χ2n) is 3.85. The molecule has 2 rings (SSSR count). The predicted molar refractivity (Wildman–Crippen MR) is 70.8 cm³/mol. The van der Waals surface area contributed by atoms with Crippen molar-refractivity contribution in [1.29, 1.82) is 0 Å². The summed E-state index contributed by atoms with van der Waals surface area (Å²) in [4.78, 5) is 20.8. The molecule has 4 nitrogen and oxygen atoms in total. The molecule has 2 aromatic carbocycles. The summed E-state index contributed by atoms with van der Waals surface area (Å²) in [5, 5.41) is 5.53. The molecule has 0 aliphatic rings. The second kappa shape index (κ2) is 5.72. The maximum absolute atomic E-state index is 10.5. The zero-order valence-corrected chi connectivity index (χ0v) is 9.67. The summed E-state index contributed by atoms with van der Waals surface area (Å²) in [6.07, 6.45) is 1.36. The minimum Gasteiger partial charge on any atom is -0.328 e. The van der Waals surface area contributed by atoms with Crippen LogP contribution in [-0.2, 0) is 11.2 Å². The van der Waals surface area contributed by atoms with Crippen molar-refractivity contribution in [2.75, 3.05) is 5.32 Å². The average Bonchev–Trinajstić information content (AvgIpc) is 2.42.